The number of rotatable bonds is 9. The SMILES string of the molecule is CC(=O)O[C@@H]1CCC[C@H]1C(C#N)(c1ccccc1)C1CCN(CC2CN(c3ccc(S(=O)(=O)c4ccnc(C)c4)cc3)C2)CC1. The molecule has 3 atom stereocenters. The number of benzene rings is 2. The Morgan fingerprint density at radius 1 is 1.00 bits per heavy atom. The van der Waals surface area contributed by atoms with Crippen molar-refractivity contribution in [3.05, 3.63) is 84.2 Å². The van der Waals surface area contributed by atoms with Crippen molar-refractivity contribution in [3.8, 4) is 6.07 Å². The Morgan fingerprint density at radius 2 is 1.71 bits per heavy atom. The van der Waals surface area contributed by atoms with E-state index in [0.29, 0.717) is 11.6 Å². The van der Waals surface area contributed by atoms with E-state index < -0.39 is 15.3 Å². The molecule has 0 spiro atoms. The molecule has 0 N–H and O–H groups in total. The third-order valence-electron chi connectivity index (χ3n) is 10.2. The first-order valence-corrected chi connectivity index (χ1v) is 17.6. The average Bonchev–Trinajstić information content (AvgIpc) is 3.48. The Bertz CT molecular complexity index is 1640. The van der Waals surface area contributed by atoms with Crippen molar-refractivity contribution in [1.29, 1.82) is 5.26 Å². The lowest BCUT2D eigenvalue weighted by Gasteiger charge is -2.48. The molecule has 1 saturated carbocycles. The van der Waals surface area contributed by atoms with Gasteiger partial charge < -0.3 is 14.5 Å². The fourth-order valence-corrected chi connectivity index (χ4v) is 9.33. The zero-order valence-electron chi connectivity index (χ0n) is 26.1. The number of sulfone groups is 1. The second kappa shape index (κ2) is 12.9. The fraction of sp³-hybridized carbons (Fsp3) is 0.472. The first kappa shape index (κ1) is 31.3. The molecule has 1 aliphatic carbocycles. The lowest BCUT2D eigenvalue weighted by atomic mass is 9.59. The number of anilines is 1. The molecule has 3 fully saturated rings. The molecule has 2 aromatic carbocycles. The molecule has 45 heavy (non-hydrogen) atoms. The number of carbonyl (C=O) groups excluding carboxylic acids is 1. The molecule has 8 nitrogen and oxygen atoms in total. The summed E-state index contributed by atoms with van der Waals surface area (Å²) in [4.78, 5) is 21.4. The van der Waals surface area contributed by atoms with Gasteiger partial charge in [0.05, 0.1) is 21.3 Å². The molecule has 6 rings (SSSR count). The lowest BCUT2D eigenvalue weighted by Crippen LogP contribution is -2.54. The standard InChI is InChI=1S/C36H42N4O4S/c1-26-21-33(15-18-38-26)45(42,43)32-13-11-31(12-14-32)40-23-28(24-40)22-39-19-16-30(17-20-39)36(25-37,29-7-4-3-5-8-29)34-9-6-10-35(34)44-27(2)41/h3-5,7-8,11-15,18,21,28,30,34-35H,6,9-10,16-17,19-20,22-24H2,1-2H3/t34-,35-,36?/m1/s1. The number of aromatic nitrogens is 1. The summed E-state index contributed by atoms with van der Waals surface area (Å²) in [6.45, 7) is 8.04. The molecule has 3 aromatic rings. The van der Waals surface area contributed by atoms with Gasteiger partial charge in [0.1, 0.15) is 6.10 Å². The number of likely N-dealkylation sites (tertiary alicyclic amines) is 1. The Balaban J connectivity index is 1.06. The predicted molar refractivity (Wildman–Crippen MR) is 172 cm³/mol. The highest BCUT2D eigenvalue weighted by Crippen LogP contribution is 2.51. The molecule has 2 saturated heterocycles. The molecule has 1 aromatic heterocycles. The van der Waals surface area contributed by atoms with Crippen LogP contribution < -0.4 is 4.90 Å². The molecule has 0 bridgehead atoms. The minimum Gasteiger partial charge on any atom is -0.462 e. The topological polar surface area (TPSA) is 104 Å². The van der Waals surface area contributed by atoms with Gasteiger partial charge in [-0.3, -0.25) is 9.78 Å². The Morgan fingerprint density at radius 3 is 2.36 bits per heavy atom. The van der Waals surface area contributed by atoms with Gasteiger partial charge in [0.25, 0.3) is 0 Å². The molecular weight excluding hydrogens is 584 g/mol. The normalized spacial score (nSPS) is 22.7. The average molecular weight is 627 g/mol. The van der Waals surface area contributed by atoms with Gasteiger partial charge in [-0.15, -0.1) is 0 Å². The van der Waals surface area contributed by atoms with Crippen LogP contribution in [0.4, 0.5) is 5.69 Å². The number of nitriles is 1. The minimum absolute atomic E-state index is 0.000680. The zero-order chi connectivity index (χ0) is 31.6. The number of hydrogen-bond donors (Lipinski definition) is 0. The molecule has 9 heteroatoms. The van der Waals surface area contributed by atoms with Gasteiger partial charge in [-0.1, -0.05) is 30.3 Å². The van der Waals surface area contributed by atoms with Crippen molar-refractivity contribution in [3.63, 3.8) is 0 Å². The first-order valence-electron chi connectivity index (χ1n) is 16.1. The van der Waals surface area contributed by atoms with Crippen LogP contribution >= 0.6 is 0 Å². The summed E-state index contributed by atoms with van der Waals surface area (Å²) in [5, 5.41) is 10.9. The van der Waals surface area contributed by atoms with Gasteiger partial charge in [0, 0.05) is 56.0 Å². The van der Waals surface area contributed by atoms with Crippen LogP contribution in [0.2, 0.25) is 0 Å². The van der Waals surface area contributed by atoms with Crippen LogP contribution in [0.15, 0.2) is 82.7 Å². The number of ether oxygens (including phenoxy) is 1. The molecule has 3 heterocycles. The van der Waals surface area contributed by atoms with Crippen LogP contribution in [0, 0.1) is 36.0 Å². The summed E-state index contributed by atoms with van der Waals surface area (Å²) in [7, 11) is -3.58. The Kier molecular flexibility index (Phi) is 8.98. The number of nitrogens with zero attached hydrogens (tertiary/aromatic N) is 4. The van der Waals surface area contributed by atoms with Crippen LogP contribution in [0.1, 0.15) is 50.3 Å². The second-order valence-electron chi connectivity index (χ2n) is 13.0. The minimum atomic E-state index is -3.58. The van der Waals surface area contributed by atoms with Crippen molar-refractivity contribution in [1.82, 2.24) is 9.88 Å². The second-order valence-corrected chi connectivity index (χ2v) is 15.0. The Labute approximate surface area is 266 Å². The number of esters is 1. The maximum atomic E-state index is 13.1. The van der Waals surface area contributed by atoms with Crippen LogP contribution in [0.25, 0.3) is 0 Å². The van der Waals surface area contributed by atoms with E-state index in [4.69, 9.17) is 4.74 Å². The lowest BCUT2D eigenvalue weighted by molar-refractivity contribution is -0.149. The molecule has 3 aliphatic rings. The van der Waals surface area contributed by atoms with E-state index in [1.165, 1.54) is 19.2 Å². The molecule has 1 unspecified atom stereocenters. The van der Waals surface area contributed by atoms with E-state index in [1.54, 1.807) is 25.1 Å². The smallest absolute Gasteiger partial charge is 0.302 e. The number of pyridine rings is 1. The van der Waals surface area contributed by atoms with Crippen LogP contribution in [0.3, 0.4) is 0 Å². The summed E-state index contributed by atoms with van der Waals surface area (Å²) in [6.07, 6.45) is 5.88. The third kappa shape index (κ3) is 6.23. The number of aryl methyl sites for hydroxylation is 1. The van der Waals surface area contributed by atoms with E-state index in [1.807, 2.05) is 30.3 Å². The van der Waals surface area contributed by atoms with E-state index in [2.05, 4.69) is 33.0 Å². The quantitative estimate of drug-likeness (QED) is 0.284. The maximum Gasteiger partial charge on any atom is 0.302 e. The van der Waals surface area contributed by atoms with Crippen molar-refractivity contribution in [2.24, 2.45) is 17.8 Å². The van der Waals surface area contributed by atoms with Crippen LogP contribution in [-0.2, 0) is 24.8 Å². The predicted octanol–water partition coefficient (Wildman–Crippen LogP) is 5.56. The van der Waals surface area contributed by atoms with Gasteiger partial charge in [-0.05, 0) is 100.0 Å². The number of carbonyl (C=O) groups is 1. The monoisotopic (exact) mass is 626 g/mol. The summed E-state index contributed by atoms with van der Waals surface area (Å²) in [6, 6.07) is 23.4. The van der Waals surface area contributed by atoms with Gasteiger partial charge >= 0.3 is 5.97 Å². The van der Waals surface area contributed by atoms with Gasteiger partial charge in [0.15, 0.2) is 0 Å². The van der Waals surface area contributed by atoms with Crippen molar-refractivity contribution < 1.29 is 17.9 Å². The first-order chi connectivity index (χ1) is 21.7. The largest absolute Gasteiger partial charge is 0.462 e. The zero-order valence-corrected chi connectivity index (χ0v) is 27.0. The highest BCUT2D eigenvalue weighted by atomic mass is 32.2. The number of hydrogen-bond acceptors (Lipinski definition) is 8. The third-order valence-corrected chi connectivity index (χ3v) is 12.0. The van der Waals surface area contributed by atoms with Gasteiger partial charge in [-0.2, -0.15) is 5.26 Å². The number of piperidine rings is 1. The molecule has 0 amide bonds. The van der Waals surface area contributed by atoms with Crippen LogP contribution in [0.5, 0.6) is 0 Å². The van der Waals surface area contributed by atoms with E-state index in [-0.39, 0.29) is 33.7 Å². The molecule has 0 radical (unpaired) electrons. The maximum absolute atomic E-state index is 13.1. The van der Waals surface area contributed by atoms with E-state index >= 15 is 0 Å². The molecule has 236 valence electrons. The highest BCUT2D eigenvalue weighted by Gasteiger charge is 2.53. The highest BCUT2D eigenvalue weighted by molar-refractivity contribution is 7.91. The fourth-order valence-electron chi connectivity index (χ4n) is 8.00. The Hall–Kier alpha value is -3.74. The summed E-state index contributed by atoms with van der Waals surface area (Å²) in [5.41, 5.74) is 2.09. The van der Waals surface area contributed by atoms with Gasteiger partial charge in [-0.25, -0.2) is 8.42 Å². The summed E-state index contributed by atoms with van der Waals surface area (Å²) in [5.74, 6) is 0.478. The van der Waals surface area contributed by atoms with Crippen molar-refractivity contribution >= 4 is 21.5 Å². The van der Waals surface area contributed by atoms with Gasteiger partial charge in [0.2, 0.25) is 9.84 Å². The molecular formula is C36H42N4O4S. The van der Waals surface area contributed by atoms with Crippen LogP contribution in [-0.4, -0.2) is 63.1 Å². The summed E-state index contributed by atoms with van der Waals surface area (Å²) >= 11 is 0. The molecule has 2 aliphatic heterocycles. The van der Waals surface area contributed by atoms with E-state index in [0.717, 1.165) is 76.1 Å². The van der Waals surface area contributed by atoms with Crippen molar-refractivity contribution in [2.75, 3.05) is 37.6 Å². The summed E-state index contributed by atoms with van der Waals surface area (Å²) < 4.78 is 31.9. The van der Waals surface area contributed by atoms with E-state index in [9.17, 15) is 18.5 Å². The van der Waals surface area contributed by atoms with Crippen molar-refractivity contribution in [2.45, 2.75) is 67.3 Å².